The summed E-state index contributed by atoms with van der Waals surface area (Å²) in [5.41, 5.74) is 5.10. The van der Waals surface area contributed by atoms with Crippen molar-refractivity contribution in [1.29, 1.82) is 0 Å². The van der Waals surface area contributed by atoms with E-state index in [2.05, 4.69) is 15.6 Å². The molecule has 1 fully saturated rings. The van der Waals surface area contributed by atoms with Crippen molar-refractivity contribution in [2.24, 2.45) is 0 Å². The molecule has 2 N–H and O–H groups in total. The Hall–Kier alpha value is -2.31. The van der Waals surface area contributed by atoms with Crippen molar-refractivity contribution in [3.63, 3.8) is 0 Å². The zero-order valence-corrected chi connectivity index (χ0v) is 11.1. The molecule has 2 amide bonds. The van der Waals surface area contributed by atoms with Crippen LogP contribution in [-0.2, 0) is 9.53 Å². The zero-order chi connectivity index (χ0) is 14.5. The van der Waals surface area contributed by atoms with E-state index in [1.807, 2.05) is 0 Å². The molecular weight excluding hydrogens is 265 g/mol. The second kappa shape index (κ2) is 6.23. The minimum absolute atomic E-state index is 0.170. The maximum absolute atomic E-state index is 13.4. The van der Waals surface area contributed by atoms with Gasteiger partial charge in [-0.1, -0.05) is 12.1 Å². The van der Waals surface area contributed by atoms with Crippen LogP contribution in [0.5, 0.6) is 0 Å². The monoisotopic (exact) mass is 281 g/mol. The van der Waals surface area contributed by atoms with Crippen LogP contribution in [0.15, 0.2) is 24.3 Å². The first kappa shape index (κ1) is 14.1. The number of hydrogen-bond acceptors (Lipinski definition) is 4. The second-order valence-electron chi connectivity index (χ2n) is 4.42. The van der Waals surface area contributed by atoms with Gasteiger partial charge in [-0.2, -0.15) is 0 Å². The summed E-state index contributed by atoms with van der Waals surface area (Å²) in [4.78, 5) is 24.9. The summed E-state index contributed by atoms with van der Waals surface area (Å²) in [6.07, 6.45) is 0.751. The standard InChI is InChI=1S/C13H16FN3O3/c1-20-13(19)17-8-4-7-11(17)12(18)16-15-10-6-3-2-5-9(10)14/h2-3,5-6,11,15H,4,7-8H2,1H3,(H,16,18). The lowest BCUT2D eigenvalue weighted by atomic mass is 10.2. The summed E-state index contributed by atoms with van der Waals surface area (Å²) in [6.45, 7) is 0.477. The number of methoxy groups -OCH3 is 1. The topological polar surface area (TPSA) is 70.7 Å². The summed E-state index contributed by atoms with van der Waals surface area (Å²) in [7, 11) is 1.27. The first-order valence-electron chi connectivity index (χ1n) is 6.28. The number of nitrogens with zero attached hydrogens (tertiary/aromatic N) is 1. The minimum Gasteiger partial charge on any atom is -0.453 e. The summed E-state index contributed by atoms with van der Waals surface area (Å²) in [5.74, 6) is -0.861. The van der Waals surface area contributed by atoms with E-state index in [0.717, 1.165) is 6.42 Å². The predicted molar refractivity (Wildman–Crippen MR) is 70.3 cm³/mol. The summed E-state index contributed by atoms with van der Waals surface area (Å²) < 4.78 is 18.0. The van der Waals surface area contributed by atoms with Crippen molar-refractivity contribution in [2.75, 3.05) is 19.1 Å². The highest BCUT2D eigenvalue weighted by atomic mass is 19.1. The Balaban J connectivity index is 1.95. The third-order valence-electron chi connectivity index (χ3n) is 3.16. The number of likely N-dealkylation sites (tertiary alicyclic amines) is 1. The van der Waals surface area contributed by atoms with Crippen LogP contribution in [0.3, 0.4) is 0 Å². The molecule has 1 aliphatic rings. The molecule has 2 rings (SSSR count). The molecule has 6 nitrogen and oxygen atoms in total. The Morgan fingerprint density at radius 3 is 2.85 bits per heavy atom. The SMILES string of the molecule is COC(=O)N1CCCC1C(=O)NNc1ccccc1F. The van der Waals surface area contributed by atoms with Crippen molar-refractivity contribution in [1.82, 2.24) is 10.3 Å². The lowest BCUT2D eigenvalue weighted by molar-refractivity contribution is -0.124. The lowest BCUT2D eigenvalue weighted by Crippen LogP contribution is -2.47. The largest absolute Gasteiger partial charge is 0.453 e. The molecule has 0 aromatic heterocycles. The Morgan fingerprint density at radius 1 is 1.40 bits per heavy atom. The van der Waals surface area contributed by atoms with Gasteiger partial charge in [-0.3, -0.25) is 20.5 Å². The van der Waals surface area contributed by atoms with Crippen LogP contribution in [-0.4, -0.2) is 36.6 Å². The van der Waals surface area contributed by atoms with Crippen molar-refractivity contribution in [2.45, 2.75) is 18.9 Å². The number of halogens is 1. The van der Waals surface area contributed by atoms with Crippen LogP contribution in [0.4, 0.5) is 14.9 Å². The molecule has 20 heavy (non-hydrogen) atoms. The first-order chi connectivity index (χ1) is 9.63. The van der Waals surface area contributed by atoms with Crippen LogP contribution in [0.1, 0.15) is 12.8 Å². The number of hydrazine groups is 1. The molecule has 0 radical (unpaired) electrons. The fourth-order valence-corrected chi connectivity index (χ4v) is 2.15. The maximum atomic E-state index is 13.4. The molecule has 1 heterocycles. The Bertz CT molecular complexity index is 509. The molecule has 108 valence electrons. The van der Waals surface area contributed by atoms with E-state index in [-0.39, 0.29) is 5.69 Å². The van der Waals surface area contributed by atoms with E-state index < -0.39 is 23.9 Å². The number of benzene rings is 1. The lowest BCUT2D eigenvalue weighted by Gasteiger charge is -2.22. The van der Waals surface area contributed by atoms with Crippen molar-refractivity contribution < 1.29 is 18.7 Å². The van der Waals surface area contributed by atoms with E-state index in [1.165, 1.54) is 24.1 Å². The van der Waals surface area contributed by atoms with Gasteiger partial charge < -0.3 is 4.74 Å². The molecular formula is C13H16FN3O3. The Morgan fingerprint density at radius 2 is 2.15 bits per heavy atom. The van der Waals surface area contributed by atoms with Gasteiger partial charge in [-0.25, -0.2) is 9.18 Å². The van der Waals surface area contributed by atoms with Crippen LogP contribution in [0.25, 0.3) is 0 Å². The van der Waals surface area contributed by atoms with Crippen molar-refractivity contribution in [3.05, 3.63) is 30.1 Å². The van der Waals surface area contributed by atoms with Crippen LogP contribution < -0.4 is 10.9 Å². The van der Waals surface area contributed by atoms with E-state index in [4.69, 9.17) is 0 Å². The molecule has 1 atom stereocenters. The Labute approximate surface area is 115 Å². The Kier molecular flexibility index (Phi) is 4.39. The highest BCUT2D eigenvalue weighted by molar-refractivity contribution is 5.87. The number of carbonyl (C=O) groups excluding carboxylic acids is 2. The molecule has 7 heteroatoms. The quantitative estimate of drug-likeness (QED) is 0.824. The number of nitrogens with one attached hydrogen (secondary N) is 2. The third-order valence-corrected chi connectivity index (χ3v) is 3.16. The zero-order valence-electron chi connectivity index (χ0n) is 11.1. The predicted octanol–water partition coefficient (Wildman–Crippen LogP) is 1.50. The van der Waals surface area contributed by atoms with Crippen LogP contribution in [0.2, 0.25) is 0 Å². The molecule has 0 spiro atoms. The van der Waals surface area contributed by atoms with E-state index in [0.29, 0.717) is 13.0 Å². The number of ether oxygens (including phenoxy) is 1. The molecule has 0 aliphatic carbocycles. The highest BCUT2D eigenvalue weighted by Gasteiger charge is 2.34. The number of para-hydroxylation sites is 1. The fourth-order valence-electron chi connectivity index (χ4n) is 2.15. The summed E-state index contributed by atoms with van der Waals surface area (Å²) in [6, 6.07) is 5.39. The molecule has 1 unspecified atom stereocenters. The van der Waals surface area contributed by atoms with Gasteiger partial charge in [0.1, 0.15) is 11.9 Å². The van der Waals surface area contributed by atoms with E-state index >= 15 is 0 Å². The average Bonchev–Trinajstić information content (AvgIpc) is 2.94. The number of rotatable bonds is 3. The maximum Gasteiger partial charge on any atom is 0.410 e. The number of carbonyl (C=O) groups is 2. The fraction of sp³-hybridized carbons (Fsp3) is 0.385. The van der Waals surface area contributed by atoms with Crippen LogP contribution in [0, 0.1) is 5.82 Å². The first-order valence-corrected chi connectivity index (χ1v) is 6.28. The average molecular weight is 281 g/mol. The molecule has 1 saturated heterocycles. The van der Waals surface area contributed by atoms with Crippen molar-refractivity contribution in [3.8, 4) is 0 Å². The number of hydrogen-bond donors (Lipinski definition) is 2. The van der Waals surface area contributed by atoms with E-state index in [9.17, 15) is 14.0 Å². The van der Waals surface area contributed by atoms with Gasteiger partial charge >= 0.3 is 6.09 Å². The normalized spacial score (nSPS) is 17.7. The summed E-state index contributed by atoms with van der Waals surface area (Å²) in [5, 5.41) is 0. The molecule has 0 bridgehead atoms. The van der Waals surface area contributed by atoms with Gasteiger partial charge in [0.05, 0.1) is 12.8 Å². The minimum atomic E-state index is -0.596. The summed E-state index contributed by atoms with van der Waals surface area (Å²) >= 11 is 0. The smallest absolute Gasteiger partial charge is 0.410 e. The van der Waals surface area contributed by atoms with Gasteiger partial charge in [0, 0.05) is 6.54 Å². The van der Waals surface area contributed by atoms with Gasteiger partial charge in [-0.05, 0) is 25.0 Å². The molecule has 1 aromatic rings. The molecule has 1 aliphatic heterocycles. The van der Waals surface area contributed by atoms with Crippen molar-refractivity contribution >= 4 is 17.7 Å². The highest BCUT2D eigenvalue weighted by Crippen LogP contribution is 2.18. The van der Waals surface area contributed by atoms with Gasteiger partial charge in [0.15, 0.2) is 0 Å². The molecule has 0 saturated carbocycles. The third kappa shape index (κ3) is 2.98. The number of amides is 2. The number of anilines is 1. The van der Waals surface area contributed by atoms with Gasteiger partial charge in [0.2, 0.25) is 0 Å². The molecule has 1 aromatic carbocycles. The van der Waals surface area contributed by atoms with Gasteiger partial charge in [0.25, 0.3) is 5.91 Å². The van der Waals surface area contributed by atoms with Crippen LogP contribution >= 0.6 is 0 Å². The second-order valence-corrected chi connectivity index (χ2v) is 4.42. The van der Waals surface area contributed by atoms with E-state index in [1.54, 1.807) is 12.1 Å². The van der Waals surface area contributed by atoms with Gasteiger partial charge in [-0.15, -0.1) is 0 Å².